The maximum absolute atomic E-state index is 12.7. The maximum Gasteiger partial charge on any atom is 0.123 e. The summed E-state index contributed by atoms with van der Waals surface area (Å²) < 4.78 is 12.7. The first kappa shape index (κ1) is 12.2. The molecule has 1 aliphatic rings. The standard InChI is InChI=1S/C12H15F.C2H6/c1-9-2-3-11(8-9)10-4-6-12(13)7-5-10;1-2/h4-7,9,11H,2-3,8H2,1H3;1-2H3/t9-,11+;/m1./s1. The quantitative estimate of drug-likeness (QED) is 0.624. The van der Waals surface area contributed by atoms with Crippen molar-refractivity contribution in [2.45, 2.75) is 46.0 Å². The van der Waals surface area contributed by atoms with E-state index in [9.17, 15) is 4.39 Å². The highest BCUT2D eigenvalue weighted by molar-refractivity contribution is 5.21. The summed E-state index contributed by atoms with van der Waals surface area (Å²) in [6.45, 7) is 6.30. The van der Waals surface area contributed by atoms with Crippen LogP contribution in [0.3, 0.4) is 0 Å². The zero-order valence-electron chi connectivity index (χ0n) is 9.96. The summed E-state index contributed by atoms with van der Waals surface area (Å²) in [4.78, 5) is 0. The highest BCUT2D eigenvalue weighted by Crippen LogP contribution is 2.37. The zero-order chi connectivity index (χ0) is 11.3. The van der Waals surface area contributed by atoms with Gasteiger partial charge in [-0.2, -0.15) is 0 Å². The van der Waals surface area contributed by atoms with Crippen LogP contribution < -0.4 is 0 Å². The molecule has 0 amide bonds. The molecule has 1 heteroatoms. The van der Waals surface area contributed by atoms with Gasteiger partial charge in [0.1, 0.15) is 5.82 Å². The van der Waals surface area contributed by atoms with Crippen LogP contribution in [0.15, 0.2) is 24.3 Å². The van der Waals surface area contributed by atoms with Crippen LogP contribution in [0.2, 0.25) is 0 Å². The SMILES string of the molecule is CC.C[C@@H]1CC[C@H](c2ccc(F)cc2)C1. The molecule has 0 saturated heterocycles. The van der Waals surface area contributed by atoms with Crippen molar-refractivity contribution in [1.82, 2.24) is 0 Å². The number of halogens is 1. The van der Waals surface area contributed by atoms with Crippen LogP contribution in [0.1, 0.15) is 51.5 Å². The van der Waals surface area contributed by atoms with Gasteiger partial charge in [0.25, 0.3) is 0 Å². The highest BCUT2D eigenvalue weighted by atomic mass is 19.1. The Morgan fingerprint density at radius 1 is 1.07 bits per heavy atom. The van der Waals surface area contributed by atoms with E-state index in [-0.39, 0.29) is 5.82 Å². The molecule has 2 atom stereocenters. The Kier molecular flexibility index (Phi) is 4.80. The lowest BCUT2D eigenvalue weighted by molar-refractivity contribution is 0.594. The second-order valence-corrected chi connectivity index (χ2v) is 4.17. The van der Waals surface area contributed by atoms with E-state index in [1.54, 1.807) is 12.1 Å². The van der Waals surface area contributed by atoms with Gasteiger partial charge in [-0.1, -0.05) is 39.3 Å². The molecule has 0 aliphatic heterocycles. The van der Waals surface area contributed by atoms with Gasteiger partial charge >= 0.3 is 0 Å². The van der Waals surface area contributed by atoms with Gasteiger partial charge in [0.05, 0.1) is 0 Å². The topological polar surface area (TPSA) is 0 Å². The van der Waals surface area contributed by atoms with Crippen molar-refractivity contribution in [3.63, 3.8) is 0 Å². The van der Waals surface area contributed by atoms with Crippen molar-refractivity contribution in [3.05, 3.63) is 35.6 Å². The van der Waals surface area contributed by atoms with Gasteiger partial charge < -0.3 is 0 Å². The van der Waals surface area contributed by atoms with Gasteiger partial charge in [0.15, 0.2) is 0 Å². The van der Waals surface area contributed by atoms with Crippen LogP contribution in [-0.2, 0) is 0 Å². The average molecular weight is 208 g/mol. The molecule has 0 bridgehead atoms. The van der Waals surface area contributed by atoms with Crippen molar-refractivity contribution in [1.29, 1.82) is 0 Å². The van der Waals surface area contributed by atoms with Crippen LogP contribution >= 0.6 is 0 Å². The Hall–Kier alpha value is -0.850. The molecule has 0 heterocycles. The molecule has 1 saturated carbocycles. The molecular formula is C14H21F. The predicted octanol–water partition coefficient (Wildman–Crippen LogP) is 4.76. The van der Waals surface area contributed by atoms with Crippen molar-refractivity contribution in [3.8, 4) is 0 Å². The summed E-state index contributed by atoms with van der Waals surface area (Å²) in [5.41, 5.74) is 1.31. The van der Waals surface area contributed by atoms with Gasteiger partial charge in [0, 0.05) is 0 Å². The maximum atomic E-state index is 12.7. The Labute approximate surface area is 92.5 Å². The Morgan fingerprint density at radius 3 is 2.13 bits per heavy atom. The van der Waals surface area contributed by atoms with E-state index in [1.165, 1.54) is 24.8 Å². The molecule has 0 N–H and O–H groups in total. The van der Waals surface area contributed by atoms with Crippen molar-refractivity contribution in [2.24, 2.45) is 5.92 Å². The summed E-state index contributed by atoms with van der Waals surface area (Å²) >= 11 is 0. The molecule has 0 aromatic heterocycles. The molecule has 15 heavy (non-hydrogen) atoms. The van der Waals surface area contributed by atoms with Gasteiger partial charge in [-0.25, -0.2) is 4.39 Å². The van der Waals surface area contributed by atoms with Gasteiger partial charge in [0.2, 0.25) is 0 Å². The van der Waals surface area contributed by atoms with E-state index in [0.29, 0.717) is 5.92 Å². The average Bonchev–Trinajstić information content (AvgIpc) is 2.69. The summed E-state index contributed by atoms with van der Waals surface area (Å²) in [7, 11) is 0. The number of benzene rings is 1. The minimum absolute atomic E-state index is 0.130. The van der Waals surface area contributed by atoms with Crippen molar-refractivity contribution < 1.29 is 4.39 Å². The van der Waals surface area contributed by atoms with E-state index < -0.39 is 0 Å². The molecule has 0 spiro atoms. The third-order valence-electron chi connectivity index (χ3n) is 3.04. The molecular weight excluding hydrogens is 187 g/mol. The molecule has 1 fully saturated rings. The Morgan fingerprint density at radius 2 is 1.67 bits per heavy atom. The van der Waals surface area contributed by atoms with Crippen LogP contribution in [0.5, 0.6) is 0 Å². The monoisotopic (exact) mass is 208 g/mol. The first-order valence-electron chi connectivity index (χ1n) is 6.01. The summed E-state index contributed by atoms with van der Waals surface area (Å²) in [5.74, 6) is 1.39. The second kappa shape index (κ2) is 5.89. The largest absolute Gasteiger partial charge is 0.207 e. The third kappa shape index (κ3) is 3.33. The Bertz CT molecular complexity index is 276. The predicted molar refractivity (Wildman–Crippen MR) is 63.5 cm³/mol. The summed E-state index contributed by atoms with van der Waals surface area (Å²) in [5, 5.41) is 0. The fraction of sp³-hybridized carbons (Fsp3) is 0.571. The lowest BCUT2D eigenvalue weighted by Gasteiger charge is -2.09. The number of rotatable bonds is 1. The Balaban J connectivity index is 0.000000531. The molecule has 1 aliphatic carbocycles. The van der Waals surface area contributed by atoms with Gasteiger partial charge in [-0.15, -0.1) is 0 Å². The van der Waals surface area contributed by atoms with Crippen LogP contribution in [0.4, 0.5) is 4.39 Å². The second-order valence-electron chi connectivity index (χ2n) is 4.17. The fourth-order valence-corrected chi connectivity index (χ4v) is 2.24. The number of hydrogen-bond acceptors (Lipinski definition) is 0. The highest BCUT2D eigenvalue weighted by Gasteiger charge is 2.22. The first-order valence-corrected chi connectivity index (χ1v) is 6.01. The van der Waals surface area contributed by atoms with Crippen molar-refractivity contribution >= 4 is 0 Å². The summed E-state index contributed by atoms with van der Waals surface area (Å²) in [6, 6.07) is 6.99. The smallest absolute Gasteiger partial charge is 0.123 e. The van der Waals surface area contributed by atoms with Gasteiger partial charge in [-0.3, -0.25) is 0 Å². The molecule has 1 aromatic rings. The molecule has 0 nitrogen and oxygen atoms in total. The van der Waals surface area contributed by atoms with Gasteiger partial charge in [-0.05, 0) is 42.4 Å². The normalized spacial score (nSPS) is 24.5. The van der Waals surface area contributed by atoms with E-state index in [4.69, 9.17) is 0 Å². The van der Waals surface area contributed by atoms with E-state index in [1.807, 2.05) is 26.0 Å². The van der Waals surface area contributed by atoms with E-state index >= 15 is 0 Å². The molecule has 2 rings (SSSR count). The minimum atomic E-state index is -0.130. The lowest BCUT2D eigenvalue weighted by atomic mass is 9.97. The molecule has 0 radical (unpaired) electrons. The molecule has 1 aromatic carbocycles. The number of hydrogen-bond donors (Lipinski definition) is 0. The minimum Gasteiger partial charge on any atom is -0.207 e. The lowest BCUT2D eigenvalue weighted by Crippen LogP contribution is -1.93. The molecule has 0 unspecified atom stereocenters. The van der Waals surface area contributed by atoms with Crippen LogP contribution in [0, 0.1) is 11.7 Å². The third-order valence-corrected chi connectivity index (χ3v) is 3.04. The zero-order valence-corrected chi connectivity index (χ0v) is 9.96. The molecule has 84 valence electrons. The van der Waals surface area contributed by atoms with Crippen LogP contribution in [-0.4, -0.2) is 0 Å². The fourth-order valence-electron chi connectivity index (χ4n) is 2.24. The van der Waals surface area contributed by atoms with Crippen LogP contribution in [0.25, 0.3) is 0 Å². The van der Waals surface area contributed by atoms with Crippen molar-refractivity contribution in [2.75, 3.05) is 0 Å². The summed E-state index contributed by atoms with van der Waals surface area (Å²) in [6.07, 6.45) is 3.86. The van der Waals surface area contributed by atoms with E-state index in [0.717, 1.165) is 5.92 Å². The van der Waals surface area contributed by atoms with E-state index in [2.05, 4.69) is 6.92 Å². The first-order chi connectivity index (χ1) is 7.25.